The zero-order chi connectivity index (χ0) is 17.4. The summed E-state index contributed by atoms with van der Waals surface area (Å²) in [6.45, 7) is 5.28. The van der Waals surface area contributed by atoms with Gasteiger partial charge in [0, 0.05) is 18.6 Å². The summed E-state index contributed by atoms with van der Waals surface area (Å²) in [4.78, 5) is 2.66. The summed E-state index contributed by atoms with van der Waals surface area (Å²) in [5, 5.41) is 11.6. The van der Waals surface area contributed by atoms with Gasteiger partial charge in [-0.2, -0.15) is 0 Å². The molecule has 0 amide bonds. The second kappa shape index (κ2) is 6.59. The fraction of sp³-hybridized carbons (Fsp3) is 0.478. The summed E-state index contributed by atoms with van der Waals surface area (Å²) in [6, 6.07) is 18.3. The molecule has 2 aliphatic rings. The van der Waals surface area contributed by atoms with Crippen molar-refractivity contribution in [1.29, 1.82) is 0 Å². The third kappa shape index (κ3) is 3.26. The van der Waals surface area contributed by atoms with Gasteiger partial charge in [-0.25, -0.2) is 0 Å². The number of aliphatic hydroxyl groups is 1. The molecule has 2 aliphatic heterocycles. The van der Waals surface area contributed by atoms with E-state index in [1.807, 2.05) is 0 Å². The molecule has 2 nitrogen and oxygen atoms in total. The average Bonchev–Trinajstić information content (AvgIpc) is 2.57. The molecule has 132 valence electrons. The fourth-order valence-corrected chi connectivity index (χ4v) is 5.13. The van der Waals surface area contributed by atoms with Gasteiger partial charge in [-0.05, 0) is 56.2 Å². The third-order valence-electron chi connectivity index (χ3n) is 6.25. The highest BCUT2D eigenvalue weighted by atomic mass is 16.3. The molecule has 0 aliphatic carbocycles. The fourth-order valence-electron chi connectivity index (χ4n) is 5.13. The van der Waals surface area contributed by atoms with E-state index in [4.69, 9.17) is 0 Å². The van der Waals surface area contributed by atoms with Gasteiger partial charge in [0.1, 0.15) is 0 Å². The van der Waals surface area contributed by atoms with E-state index >= 15 is 0 Å². The van der Waals surface area contributed by atoms with Crippen molar-refractivity contribution in [3.05, 3.63) is 70.8 Å². The summed E-state index contributed by atoms with van der Waals surface area (Å²) < 4.78 is 0. The van der Waals surface area contributed by atoms with Gasteiger partial charge in [-0.1, -0.05) is 60.5 Å². The van der Waals surface area contributed by atoms with Gasteiger partial charge in [-0.3, -0.25) is 4.90 Å². The Morgan fingerprint density at radius 1 is 1.00 bits per heavy atom. The number of piperidine rings is 2. The van der Waals surface area contributed by atoms with Crippen LogP contribution < -0.4 is 0 Å². The van der Waals surface area contributed by atoms with Crippen molar-refractivity contribution < 1.29 is 5.11 Å². The maximum Gasteiger partial charge on any atom is 0.0928 e. The van der Waals surface area contributed by atoms with E-state index in [-0.39, 0.29) is 0 Å². The van der Waals surface area contributed by atoms with Crippen molar-refractivity contribution in [2.24, 2.45) is 0 Å². The van der Waals surface area contributed by atoms with Crippen molar-refractivity contribution in [1.82, 2.24) is 4.90 Å². The molecule has 0 aromatic heterocycles. The monoisotopic (exact) mass is 335 g/mol. The SMILES string of the molecule is Cc1ccc(C2(O)CC3CCCC(C2)N3Cc2ccccc2)c(C)c1. The van der Waals surface area contributed by atoms with E-state index in [9.17, 15) is 5.11 Å². The van der Waals surface area contributed by atoms with Crippen LogP contribution in [0.15, 0.2) is 48.5 Å². The Morgan fingerprint density at radius 2 is 1.68 bits per heavy atom. The smallest absolute Gasteiger partial charge is 0.0928 e. The second-order valence-corrected chi connectivity index (χ2v) is 8.15. The molecule has 2 unspecified atom stereocenters. The zero-order valence-corrected chi connectivity index (χ0v) is 15.4. The first-order chi connectivity index (χ1) is 12.0. The molecule has 1 N–H and O–H groups in total. The Hall–Kier alpha value is -1.64. The Kier molecular flexibility index (Phi) is 4.43. The van der Waals surface area contributed by atoms with Crippen molar-refractivity contribution in [3.8, 4) is 0 Å². The van der Waals surface area contributed by atoms with Crippen LogP contribution in [-0.2, 0) is 12.1 Å². The van der Waals surface area contributed by atoms with E-state index in [1.165, 1.54) is 36.0 Å². The van der Waals surface area contributed by atoms with Crippen LogP contribution in [0.5, 0.6) is 0 Å². The number of aryl methyl sites for hydroxylation is 2. The van der Waals surface area contributed by atoms with Crippen LogP contribution in [-0.4, -0.2) is 22.1 Å². The van der Waals surface area contributed by atoms with Gasteiger partial charge in [0.2, 0.25) is 0 Å². The molecule has 2 heterocycles. The Labute approximate surface area is 151 Å². The lowest BCUT2D eigenvalue weighted by Gasteiger charge is -2.52. The predicted octanol–water partition coefficient (Wildman–Crippen LogP) is 4.71. The molecule has 2 atom stereocenters. The molecular weight excluding hydrogens is 306 g/mol. The molecule has 0 spiro atoms. The zero-order valence-electron chi connectivity index (χ0n) is 15.4. The second-order valence-electron chi connectivity index (χ2n) is 8.15. The standard InChI is InChI=1S/C23H29NO/c1-17-11-12-22(18(2)13-17)23(25)14-20-9-6-10-21(15-23)24(20)16-19-7-4-3-5-8-19/h3-5,7-8,11-13,20-21,25H,6,9-10,14-16H2,1-2H3. The maximum atomic E-state index is 11.6. The summed E-state index contributed by atoms with van der Waals surface area (Å²) in [5.41, 5.74) is 4.37. The van der Waals surface area contributed by atoms with Gasteiger partial charge in [0.25, 0.3) is 0 Å². The first-order valence-corrected chi connectivity index (χ1v) is 9.65. The molecule has 2 saturated heterocycles. The third-order valence-corrected chi connectivity index (χ3v) is 6.25. The Morgan fingerprint density at radius 3 is 2.32 bits per heavy atom. The minimum atomic E-state index is -0.666. The topological polar surface area (TPSA) is 23.5 Å². The van der Waals surface area contributed by atoms with E-state index in [0.717, 1.165) is 24.9 Å². The highest BCUT2D eigenvalue weighted by Gasteiger charge is 2.46. The van der Waals surface area contributed by atoms with Crippen LogP contribution in [0, 0.1) is 13.8 Å². The number of rotatable bonds is 3. The Bertz CT molecular complexity index is 725. The number of benzene rings is 2. The van der Waals surface area contributed by atoms with E-state index < -0.39 is 5.60 Å². The minimum absolute atomic E-state index is 0.485. The molecule has 0 saturated carbocycles. The average molecular weight is 335 g/mol. The van der Waals surface area contributed by atoms with Gasteiger partial charge < -0.3 is 5.11 Å². The largest absolute Gasteiger partial charge is 0.385 e. The number of hydrogen-bond acceptors (Lipinski definition) is 2. The quantitative estimate of drug-likeness (QED) is 0.878. The van der Waals surface area contributed by atoms with E-state index in [2.05, 4.69) is 67.3 Å². The molecule has 2 heteroatoms. The van der Waals surface area contributed by atoms with Gasteiger partial charge >= 0.3 is 0 Å². The summed E-state index contributed by atoms with van der Waals surface area (Å²) in [5.74, 6) is 0. The summed E-state index contributed by atoms with van der Waals surface area (Å²) >= 11 is 0. The highest BCUT2D eigenvalue weighted by Crippen LogP contribution is 2.45. The van der Waals surface area contributed by atoms with Crippen molar-refractivity contribution in [2.75, 3.05) is 0 Å². The normalized spacial score (nSPS) is 29.6. The molecule has 0 radical (unpaired) electrons. The highest BCUT2D eigenvalue weighted by molar-refractivity contribution is 5.36. The van der Waals surface area contributed by atoms with Crippen LogP contribution in [0.2, 0.25) is 0 Å². The number of fused-ring (bicyclic) bond motifs is 2. The Balaban J connectivity index is 1.60. The summed E-state index contributed by atoms with van der Waals surface area (Å²) in [7, 11) is 0. The maximum absolute atomic E-state index is 11.6. The van der Waals surface area contributed by atoms with E-state index in [1.54, 1.807) is 0 Å². The van der Waals surface area contributed by atoms with Crippen molar-refractivity contribution in [2.45, 2.75) is 70.2 Å². The lowest BCUT2D eigenvalue weighted by molar-refractivity contribution is -0.100. The molecule has 4 rings (SSSR count). The van der Waals surface area contributed by atoms with Crippen LogP contribution in [0.25, 0.3) is 0 Å². The minimum Gasteiger partial charge on any atom is -0.385 e. The molecule has 2 aromatic rings. The van der Waals surface area contributed by atoms with Gasteiger partial charge in [-0.15, -0.1) is 0 Å². The van der Waals surface area contributed by atoms with Crippen LogP contribution in [0.1, 0.15) is 54.4 Å². The number of hydrogen-bond donors (Lipinski definition) is 1. The lowest BCUT2D eigenvalue weighted by atomic mass is 9.71. The molecule has 2 fully saturated rings. The molecular formula is C23H29NO. The van der Waals surface area contributed by atoms with E-state index in [0.29, 0.717) is 12.1 Å². The predicted molar refractivity (Wildman–Crippen MR) is 102 cm³/mol. The summed E-state index contributed by atoms with van der Waals surface area (Å²) in [6.07, 6.45) is 5.43. The van der Waals surface area contributed by atoms with Crippen LogP contribution >= 0.6 is 0 Å². The molecule has 2 aromatic carbocycles. The van der Waals surface area contributed by atoms with Crippen LogP contribution in [0.4, 0.5) is 0 Å². The van der Waals surface area contributed by atoms with Gasteiger partial charge in [0.05, 0.1) is 5.60 Å². The van der Waals surface area contributed by atoms with Crippen molar-refractivity contribution in [3.63, 3.8) is 0 Å². The molecule has 2 bridgehead atoms. The lowest BCUT2D eigenvalue weighted by Crippen LogP contribution is -2.56. The van der Waals surface area contributed by atoms with Gasteiger partial charge in [0.15, 0.2) is 0 Å². The number of nitrogens with zero attached hydrogens (tertiary/aromatic N) is 1. The van der Waals surface area contributed by atoms with Crippen molar-refractivity contribution >= 4 is 0 Å². The van der Waals surface area contributed by atoms with Crippen LogP contribution in [0.3, 0.4) is 0 Å². The first-order valence-electron chi connectivity index (χ1n) is 9.65. The first kappa shape index (κ1) is 16.8. The molecule has 25 heavy (non-hydrogen) atoms.